The van der Waals surface area contributed by atoms with Crippen LogP contribution in [0.4, 0.5) is 0 Å². The minimum absolute atomic E-state index is 0.737. The first-order chi connectivity index (χ1) is 8.79. The number of halogens is 1. The molecule has 102 valence electrons. The fraction of sp³-hybridized carbons (Fsp3) is 0.833. The number of hydrogen-bond donors (Lipinski definition) is 1. The minimum Gasteiger partial charge on any atom is -0.317 e. The molecule has 0 unspecified atom stereocenters. The summed E-state index contributed by atoms with van der Waals surface area (Å²) >= 11 is 7.36. The highest BCUT2D eigenvalue weighted by Crippen LogP contribution is 2.21. The van der Waals surface area contributed by atoms with Crippen LogP contribution in [0.3, 0.4) is 0 Å². The van der Waals surface area contributed by atoms with Gasteiger partial charge in [-0.1, -0.05) is 23.0 Å². The first-order valence-corrected chi connectivity index (χ1v) is 7.84. The molecule has 0 spiro atoms. The predicted molar refractivity (Wildman–Crippen MR) is 76.1 cm³/mol. The number of hydrogen-bond acceptors (Lipinski definition) is 5. The second kappa shape index (κ2) is 7.38. The van der Waals surface area contributed by atoms with Gasteiger partial charge >= 0.3 is 0 Å². The van der Waals surface area contributed by atoms with Crippen molar-refractivity contribution in [1.29, 1.82) is 0 Å². The Morgan fingerprint density at radius 2 is 2.22 bits per heavy atom. The molecule has 6 heteroatoms. The van der Waals surface area contributed by atoms with E-state index >= 15 is 0 Å². The molecule has 18 heavy (non-hydrogen) atoms. The van der Waals surface area contributed by atoms with E-state index in [1.165, 1.54) is 30.8 Å². The van der Waals surface area contributed by atoms with Gasteiger partial charge in [-0.05, 0) is 44.8 Å². The van der Waals surface area contributed by atoms with Gasteiger partial charge in [0.2, 0.25) is 0 Å². The molecule has 0 saturated carbocycles. The van der Waals surface area contributed by atoms with Gasteiger partial charge in [0.25, 0.3) is 0 Å². The number of rotatable bonds is 6. The van der Waals surface area contributed by atoms with Crippen molar-refractivity contribution in [3.05, 3.63) is 10.0 Å². The van der Waals surface area contributed by atoms with Crippen LogP contribution in [0, 0.1) is 5.92 Å². The minimum atomic E-state index is 0.737. The largest absolute Gasteiger partial charge is 0.317 e. The molecule has 1 N–H and O–H groups in total. The van der Waals surface area contributed by atoms with Crippen molar-refractivity contribution in [2.24, 2.45) is 5.92 Å². The van der Waals surface area contributed by atoms with Gasteiger partial charge in [-0.2, -0.15) is 0 Å². The highest BCUT2D eigenvalue weighted by molar-refractivity contribution is 7.10. The lowest BCUT2D eigenvalue weighted by molar-refractivity contribution is 0.197. The third-order valence-electron chi connectivity index (χ3n) is 3.40. The Morgan fingerprint density at radius 3 is 2.83 bits per heavy atom. The van der Waals surface area contributed by atoms with E-state index in [2.05, 4.69) is 26.7 Å². The van der Waals surface area contributed by atoms with E-state index in [1.54, 1.807) is 0 Å². The molecular weight excluding hydrogens is 268 g/mol. The molecule has 0 atom stereocenters. The van der Waals surface area contributed by atoms with E-state index in [4.69, 9.17) is 11.6 Å². The first kappa shape index (κ1) is 14.2. The van der Waals surface area contributed by atoms with Crippen LogP contribution in [0.15, 0.2) is 0 Å². The van der Waals surface area contributed by atoms with Gasteiger partial charge in [-0.3, -0.25) is 4.90 Å². The molecule has 2 rings (SSSR count). The lowest BCUT2D eigenvalue weighted by Gasteiger charge is -2.29. The smallest absolute Gasteiger partial charge is 0.138 e. The third kappa shape index (κ3) is 4.16. The van der Waals surface area contributed by atoms with Gasteiger partial charge < -0.3 is 5.32 Å². The van der Waals surface area contributed by atoms with Gasteiger partial charge in [0.1, 0.15) is 10.0 Å². The molecule has 0 aromatic carbocycles. The maximum atomic E-state index is 6.08. The van der Waals surface area contributed by atoms with Crippen LogP contribution in [-0.4, -0.2) is 40.7 Å². The van der Waals surface area contributed by atoms with Gasteiger partial charge in [-0.15, -0.1) is 5.10 Å². The maximum absolute atomic E-state index is 6.08. The molecule has 0 aliphatic carbocycles. The van der Waals surface area contributed by atoms with Crippen LogP contribution in [0.1, 0.15) is 31.9 Å². The van der Waals surface area contributed by atoms with Crippen LogP contribution in [0.5, 0.6) is 0 Å². The summed E-state index contributed by atoms with van der Waals surface area (Å²) in [5.41, 5.74) is 0.934. The molecule has 1 aromatic heterocycles. The summed E-state index contributed by atoms with van der Waals surface area (Å²) in [7, 11) is 0. The van der Waals surface area contributed by atoms with Crippen molar-refractivity contribution in [3.63, 3.8) is 0 Å². The third-order valence-corrected chi connectivity index (χ3v) is 4.38. The zero-order valence-corrected chi connectivity index (χ0v) is 12.4. The van der Waals surface area contributed by atoms with E-state index in [0.29, 0.717) is 0 Å². The number of piperidine rings is 1. The summed E-state index contributed by atoms with van der Waals surface area (Å²) in [5.74, 6) is 0.808. The highest BCUT2D eigenvalue weighted by atomic mass is 35.5. The van der Waals surface area contributed by atoms with Gasteiger partial charge in [0.15, 0.2) is 0 Å². The van der Waals surface area contributed by atoms with E-state index in [9.17, 15) is 0 Å². The molecule has 2 heterocycles. The lowest BCUT2D eigenvalue weighted by atomic mass is 9.97. The van der Waals surface area contributed by atoms with Gasteiger partial charge in [-0.25, -0.2) is 0 Å². The van der Waals surface area contributed by atoms with E-state index in [0.717, 1.165) is 48.7 Å². The average Bonchev–Trinajstić information content (AvgIpc) is 2.77. The lowest BCUT2D eigenvalue weighted by Crippen LogP contribution is -2.36. The van der Waals surface area contributed by atoms with Gasteiger partial charge in [0.05, 0.1) is 0 Å². The second-order valence-corrected chi connectivity index (χ2v) is 6.28. The van der Waals surface area contributed by atoms with E-state index in [-0.39, 0.29) is 0 Å². The molecule has 1 aliphatic rings. The SMILES string of the molecule is CCCN(Cc1nnsc1Cl)CC1CCNCC1. The Morgan fingerprint density at radius 1 is 1.44 bits per heavy atom. The molecule has 4 nitrogen and oxygen atoms in total. The number of aromatic nitrogens is 2. The zero-order chi connectivity index (χ0) is 12.8. The molecule has 1 fully saturated rings. The fourth-order valence-corrected chi connectivity index (χ4v) is 3.10. The van der Waals surface area contributed by atoms with Crippen molar-refractivity contribution < 1.29 is 0 Å². The summed E-state index contributed by atoms with van der Waals surface area (Å²) in [4.78, 5) is 2.47. The van der Waals surface area contributed by atoms with E-state index < -0.39 is 0 Å². The quantitative estimate of drug-likeness (QED) is 0.873. The topological polar surface area (TPSA) is 41.1 Å². The van der Waals surface area contributed by atoms with Crippen LogP contribution < -0.4 is 5.32 Å². The molecule has 1 saturated heterocycles. The van der Waals surface area contributed by atoms with Crippen molar-refractivity contribution in [3.8, 4) is 0 Å². The molecule has 0 amide bonds. The second-order valence-electron chi connectivity index (χ2n) is 4.92. The Hall–Kier alpha value is -0.230. The molecular formula is C12H21ClN4S. The predicted octanol–water partition coefficient (Wildman–Crippen LogP) is 2.40. The van der Waals surface area contributed by atoms with Crippen LogP contribution in [0.25, 0.3) is 0 Å². The van der Waals surface area contributed by atoms with Crippen LogP contribution in [-0.2, 0) is 6.54 Å². The summed E-state index contributed by atoms with van der Waals surface area (Å²) in [6, 6.07) is 0. The average molecular weight is 289 g/mol. The Labute approximate surface area is 118 Å². The van der Waals surface area contributed by atoms with Crippen molar-refractivity contribution in [1.82, 2.24) is 19.8 Å². The van der Waals surface area contributed by atoms with Crippen molar-refractivity contribution in [2.75, 3.05) is 26.2 Å². The normalized spacial score (nSPS) is 17.5. The molecule has 0 radical (unpaired) electrons. The zero-order valence-electron chi connectivity index (χ0n) is 10.9. The van der Waals surface area contributed by atoms with Crippen molar-refractivity contribution in [2.45, 2.75) is 32.7 Å². The standard InChI is InChI=1S/C12H21ClN4S/c1-2-7-17(8-10-3-5-14-6-4-10)9-11-12(13)18-16-15-11/h10,14H,2-9H2,1H3. The Balaban J connectivity index is 1.88. The monoisotopic (exact) mass is 288 g/mol. The fourth-order valence-electron chi connectivity index (χ4n) is 2.48. The van der Waals surface area contributed by atoms with Gasteiger partial charge in [0, 0.05) is 24.6 Å². The summed E-state index contributed by atoms with van der Waals surface area (Å²) in [5, 5.41) is 7.53. The summed E-state index contributed by atoms with van der Waals surface area (Å²) < 4.78 is 4.64. The highest BCUT2D eigenvalue weighted by Gasteiger charge is 2.18. The number of nitrogens with one attached hydrogen (secondary N) is 1. The summed E-state index contributed by atoms with van der Waals surface area (Å²) in [6.45, 7) is 7.64. The molecule has 1 aromatic rings. The van der Waals surface area contributed by atoms with E-state index in [1.807, 2.05) is 0 Å². The number of nitrogens with zero attached hydrogens (tertiary/aromatic N) is 3. The first-order valence-electron chi connectivity index (χ1n) is 6.69. The van der Waals surface area contributed by atoms with Crippen LogP contribution >= 0.6 is 23.1 Å². The van der Waals surface area contributed by atoms with Crippen LogP contribution in [0.2, 0.25) is 4.34 Å². The molecule has 1 aliphatic heterocycles. The maximum Gasteiger partial charge on any atom is 0.138 e. The summed E-state index contributed by atoms with van der Waals surface area (Å²) in [6.07, 6.45) is 3.73. The Kier molecular flexibility index (Phi) is 5.82. The molecule has 0 bridgehead atoms. The Bertz CT molecular complexity index is 352. The van der Waals surface area contributed by atoms with Crippen molar-refractivity contribution >= 4 is 23.1 Å².